The van der Waals surface area contributed by atoms with Crippen LogP contribution < -0.4 is 0 Å². The van der Waals surface area contributed by atoms with Crippen LogP contribution in [0.5, 0.6) is 11.5 Å². The summed E-state index contributed by atoms with van der Waals surface area (Å²) in [6.07, 6.45) is 4.43. The van der Waals surface area contributed by atoms with Crippen molar-refractivity contribution in [2.45, 2.75) is 44.4 Å². The van der Waals surface area contributed by atoms with E-state index in [1.54, 1.807) is 12.1 Å². The zero-order valence-electron chi connectivity index (χ0n) is 11.6. The van der Waals surface area contributed by atoms with Gasteiger partial charge in [-0.05, 0) is 49.1 Å². The van der Waals surface area contributed by atoms with Crippen LogP contribution in [0.15, 0.2) is 18.2 Å². The first-order chi connectivity index (χ1) is 9.61. The van der Waals surface area contributed by atoms with Crippen molar-refractivity contribution < 1.29 is 20.1 Å². The quantitative estimate of drug-likeness (QED) is 0.740. The molecular weight excluding hydrogens is 256 g/mol. The number of hydrogen-bond donors (Lipinski definition) is 3. The molecule has 20 heavy (non-hydrogen) atoms. The van der Waals surface area contributed by atoms with Gasteiger partial charge in [-0.25, -0.2) is 0 Å². The Hall–Kier alpha value is -1.55. The third kappa shape index (κ3) is 3.51. The maximum absolute atomic E-state index is 11.9. The van der Waals surface area contributed by atoms with Gasteiger partial charge in [-0.1, -0.05) is 6.07 Å². The number of carbonyl (C=O) groups is 1. The van der Waals surface area contributed by atoms with Crippen LogP contribution in [0.1, 0.15) is 50.0 Å². The zero-order chi connectivity index (χ0) is 14.5. The van der Waals surface area contributed by atoms with Crippen molar-refractivity contribution in [2.24, 2.45) is 5.92 Å². The molecule has 0 saturated heterocycles. The highest BCUT2D eigenvalue weighted by Gasteiger charge is 2.29. The number of hydrogen-bond acceptors (Lipinski definition) is 4. The molecule has 0 bridgehead atoms. The molecule has 110 valence electrons. The Morgan fingerprint density at radius 1 is 1.25 bits per heavy atom. The minimum absolute atomic E-state index is 0.0165. The van der Waals surface area contributed by atoms with E-state index in [1.165, 1.54) is 6.07 Å². The normalized spacial score (nSPS) is 23.6. The smallest absolute Gasteiger partial charge is 0.133 e. The molecule has 1 aliphatic rings. The van der Waals surface area contributed by atoms with Crippen LogP contribution in [0.25, 0.3) is 0 Å². The maximum atomic E-state index is 11.9. The van der Waals surface area contributed by atoms with Crippen molar-refractivity contribution in [3.63, 3.8) is 0 Å². The summed E-state index contributed by atoms with van der Waals surface area (Å²) in [5.41, 5.74) is 0.737. The summed E-state index contributed by atoms with van der Waals surface area (Å²) >= 11 is 0. The Kier molecular flexibility index (Phi) is 5.01. The van der Waals surface area contributed by atoms with Crippen molar-refractivity contribution in [1.82, 2.24) is 0 Å². The van der Waals surface area contributed by atoms with Gasteiger partial charge in [0.15, 0.2) is 0 Å². The van der Waals surface area contributed by atoms with Crippen molar-refractivity contribution in [2.75, 3.05) is 6.61 Å². The molecule has 1 fully saturated rings. The molecule has 4 heteroatoms. The fraction of sp³-hybridized carbons (Fsp3) is 0.562. The van der Waals surface area contributed by atoms with Gasteiger partial charge >= 0.3 is 0 Å². The lowest BCUT2D eigenvalue weighted by atomic mass is 9.79. The van der Waals surface area contributed by atoms with E-state index in [-0.39, 0.29) is 29.8 Å². The topological polar surface area (TPSA) is 77.8 Å². The lowest BCUT2D eigenvalue weighted by Crippen LogP contribution is -2.14. The third-order valence-corrected chi connectivity index (χ3v) is 4.19. The third-order valence-electron chi connectivity index (χ3n) is 4.19. The summed E-state index contributed by atoms with van der Waals surface area (Å²) in [5, 5.41) is 28.5. The summed E-state index contributed by atoms with van der Waals surface area (Å²) in [6.45, 7) is 0.152. The lowest BCUT2D eigenvalue weighted by Gasteiger charge is -2.25. The van der Waals surface area contributed by atoms with Crippen LogP contribution in [0.2, 0.25) is 0 Å². The van der Waals surface area contributed by atoms with E-state index >= 15 is 0 Å². The van der Waals surface area contributed by atoms with Crippen LogP contribution in [-0.4, -0.2) is 27.7 Å². The molecule has 1 aliphatic carbocycles. The molecular formula is C16H22O4. The van der Waals surface area contributed by atoms with Gasteiger partial charge in [0.25, 0.3) is 0 Å². The number of aliphatic hydroxyl groups is 1. The summed E-state index contributed by atoms with van der Waals surface area (Å²) in [7, 11) is 0. The Morgan fingerprint density at radius 3 is 2.75 bits per heavy atom. The average molecular weight is 278 g/mol. The standard InChI is InChI=1S/C16H22O4/c17-8-2-4-11-3-1-5-12(18)9-15(11)14-7-6-13(19)10-16(14)20/h6-7,10-11,15,17,19-20H,1-5,8-9H2/t11-,15+/m0/s1. The molecule has 0 heterocycles. The SMILES string of the molecule is O=C1CCC[C@@H](CCCO)[C@H](c2ccc(O)cc2O)C1. The highest BCUT2D eigenvalue weighted by molar-refractivity contribution is 5.79. The second-order valence-corrected chi connectivity index (χ2v) is 5.61. The van der Waals surface area contributed by atoms with Gasteiger partial charge in [0.1, 0.15) is 17.3 Å². The molecule has 1 saturated carbocycles. The number of carbonyl (C=O) groups excluding carboxylic acids is 1. The largest absolute Gasteiger partial charge is 0.508 e. The molecule has 2 atom stereocenters. The minimum Gasteiger partial charge on any atom is -0.508 e. The Labute approximate surface area is 119 Å². The number of benzene rings is 1. The highest BCUT2D eigenvalue weighted by Crippen LogP contribution is 2.41. The number of rotatable bonds is 4. The van der Waals surface area contributed by atoms with E-state index in [4.69, 9.17) is 5.11 Å². The second kappa shape index (κ2) is 6.75. The summed E-state index contributed by atoms with van der Waals surface area (Å²) < 4.78 is 0. The van der Waals surface area contributed by atoms with Gasteiger partial charge in [0, 0.05) is 25.5 Å². The van der Waals surface area contributed by atoms with Crippen LogP contribution in [0.4, 0.5) is 0 Å². The molecule has 0 amide bonds. The molecule has 0 spiro atoms. The average Bonchev–Trinajstić information content (AvgIpc) is 2.58. The van der Waals surface area contributed by atoms with Gasteiger partial charge in [-0.3, -0.25) is 4.79 Å². The van der Waals surface area contributed by atoms with Gasteiger partial charge in [-0.15, -0.1) is 0 Å². The Bertz CT molecular complexity index is 470. The number of ketones is 1. The summed E-state index contributed by atoms with van der Waals surface area (Å²) in [5.74, 6) is 0.590. The lowest BCUT2D eigenvalue weighted by molar-refractivity contribution is -0.119. The van der Waals surface area contributed by atoms with Crippen molar-refractivity contribution in [3.05, 3.63) is 23.8 Å². The molecule has 2 rings (SSSR count). The van der Waals surface area contributed by atoms with E-state index in [2.05, 4.69) is 0 Å². The maximum Gasteiger partial charge on any atom is 0.133 e. The van der Waals surface area contributed by atoms with E-state index < -0.39 is 0 Å². The van der Waals surface area contributed by atoms with E-state index in [9.17, 15) is 15.0 Å². The van der Waals surface area contributed by atoms with E-state index in [1.807, 2.05) is 0 Å². The van der Waals surface area contributed by atoms with E-state index in [0.29, 0.717) is 25.2 Å². The molecule has 3 N–H and O–H groups in total. The number of aliphatic hydroxyl groups excluding tert-OH is 1. The van der Waals surface area contributed by atoms with Crippen LogP contribution >= 0.6 is 0 Å². The molecule has 0 aliphatic heterocycles. The number of phenolic OH excluding ortho intramolecular Hbond substituents is 2. The van der Waals surface area contributed by atoms with Crippen LogP contribution in [0, 0.1) is 5.92 Å². The predicted octanol–water partition coefficient (Wildman–Crippen LogP) is 2.71. The first kappa shape index (κ1) is 14.9. The number of phenols is 2. The predicted molar refractivity (Wildman–Crippen MR) is 75.8 cm³/mol. The molecule has 4 nitrogen and oxygen atoms in total. The molecule has 0 unspecified atom stereocenters. The fourth-order valence-corrected chi connectivity index (χ4v) is 3.19. The fourth-order valence-electron chi connectivity index (χ4n) is 3.19. The van der Waals surface area contributed by atoms with Crippen LogP contribution in [-0.2, 0) is 4.79 Å². The highest BCUT2D eigenvalue weighted by atomic mass is 16.3. The van der Waals surface area contributed by atoms with E-state index in [0.717, 1.165) is 24.8 Å². The Morgan fingerprint density at radius 2 is 2.05 bits per heavy atom. The zero-order valence-corrected chi connectivity index (χ0v) is 11.6. The van der Waals surface area contributed by atoms with Gasteiger partial charge in [-0.2, -0.15) is 0 Å². The number of Topliss-reactive ketones (excluding diaryl/α,β-unsaturated/α-hetero) is 1. The molecule has 1 aromatic rings. The number of aromatic hydroxyl groups is 2. The monoisotopic (exact) mass is 278 g/mol. The molecule has 0 radical (unpaired) electrons. The van der Waals surface area contributed by atoms with Gasteiger partial charge in [0.05, 0.1) is 0 Å². The first-order valence-electron chi connectivity index (χ1n) is 7.26. The van der Waals surface area contributed by atoms with Crippen LogP contribution in [0.3, 0.4) is 0 Å². The minimum atomic E-state index is -0.0165. The Balaban J connectivity index is 2.27. The summed E-state index contributed by atoms with van der Waals surface area (Å²) in [6, 6.07) is 4.58. The van der Waals surface area contributed by atoms with Gasteiger partial charge in [0.2, 0.25) is 0 Å². The molecule has 1 aromatic carbocycles. The van der Waals surface area contributed by atoms with Gasteiger partial charge < -0.3 is 15.3 Å². The first-order valence-corrected chi connectivity index (χ1v) is 7.26. The summed E-state index contributed by atoms with van der Waals surface area (Å²) in [4.78, 5) is 11.9. The van der Waals surface area contributed by atoms with Crippen molar-refractivity contribution in [3.8, 4) is 11.5 Å². The second-order valence-electron chi connectivity index (χ2n) is 5.61. The molecule has 0 aromatic heterocycles. The van der Waals surface area contributed by atoms with Crippen molar-refractivity contribution >= 4 is 5.78 Å². The van der Waals surface area contributed by atoms with Crippen molar-refractivity contribution in [1.29, 1.82) is 0 Å².